The summed E-state index contributed by atoms with van der Waals surface area (Å²) in [6, 6.07) is 11.8. The summed E-state index contributed by atoms with van der Waals surface area (Å²) in [5.41, 5.74) is 0.854. The molecule has 2 rings (SSSR count). The number of rotatable bonds is 1. The molecule has 0 aromatic heterocycles. The third-order valence-electron chi connectivity index (χ3n) is 2.15. The van der Waals surface area contributed by atoms with Crippen molar-refractivity contribution in [1.29, 1.82) is 0 Å². The molecule has 2 aromatic rings. The van der Waals surface area contributed by atoms with E-state index in [1.807, 2.05) is 36.4 Å². The zero-order valence-corrected chi connectivity index (χ0v) is 9.84. The first-order valence-electron chi connectivity index (χ1n) is 4.63. The van der Waals surface area contributed by atoms with Crippen molar-refractivity contribution in [2.24, 2.45) is 0 Å². The van der Waals surface area contributed by atoms with Crippen LogP contribution in [0.15, 0.2) is 40.9 Å². The molecule has 0 radical (unpaired) electrons. The number of hydrogen-bond acceptors (Lipinski definition) is 1. The van der Waals surface area contributed by atoms with Crippen molar-refractivity contribution in [2.75, 3.05) is 5.32 Å². The van der Waals surface area contributed by atoms with Crippen molar-refractivity contribution in [3.63, 3.8) is 0 Å². The van der Waals surface area contributed by atoms with Crippen LogP contribution < -0.4 is 5.32 Å². The fourth-order valence-electron chi connectivity index (χ4n) is 1.55. The normalized spacial score (nSPS) is 10.3. The lowest BCUT2D eigenvalue weighted by Crippen LogP contribution is -2.05. The van der Waals surface area contributed by atoms with E-state index in [4.69, 9.17) is 0 Å². The Morgan fingerprint density at radius 3 is 2.80 bits per heavy atom. The van der Waals surface area contributed by atoms with Crippen LogP contribution in [0, 0.1) is 0 Å². The van der Waals surface area contributed by atoms with E-state index in [1.54, 1.807) is 0 Å². The summed E-state index contributed by atoms with van der Waals surface area (Å²) in [6.45, 7) is 1.51. The topological polar surface area (TPSA) is 29.1 Å². The van der Waals surface area contributed by atoms with Crippen LogP contribution in [0.25, 0.3) is 10.8 Å². The molecule has 0 atom stereocenters. The summed E-state index contributed by atoms with van der Waals surface area (Å²) >= 11 is 3.42. The highest BCUT2D eigenvalue weighted by molar-refractivity contribution is 9.10. The number of anilines is 1. The Kier molecular flexibility index (Phi) is 2.73. The van der Waals surface area contributed by atoms with Gasteiger partial charge in [-0.2, -0.15) is 0 Å². The van der Waals surface area contributed by atoms with Crippen LogP contribution in [0.5, 0.6) is 0 Å². The minimum Gasteiger partial charge on any atom is -0.326 e. The Bertz CT molecular complexity index is 522. The molecule has 3 heteroatoms. The number of benzene rings is 2. The fourth-order valence-corrected chi connectivity index (χ4v) is 1.93. The molecule has 0 saturated heterocycles. The van der Waals surface area contributed by atoms with E-state index in [9.17, 15) is 4.79 Å². The van der Waals surface area contributed by atoms with Gasteiger partial charge >= 0.3 is 0 Å². The molecule has 0 aliphatic heterocycles. The summed E-state index contributed by atoms with van der Waals surface area (Å²) in [5.74, 6) is -0.0505. The number of fused-ring (bicyclic) bond motifs is 1. The van der Waals surface area contributed by atoms with Gasteiger partial charge in [-0.05, 0) is 23.6 Å². The summed E-state index contributed by atoms with van der Waals surface area (Å²) in [6.07, 6.45) is 0. The Labute approximate surface area is 96.4 Å². The minimum absolute atomic E-state index is 0.0505. The summed E-state index contributed by atoms with van der Waals surface area (Å²) in [4.78, 5) is 11.0. The third-order valence-corrected chi connectivity index (χ3v) is 2.65. The number of carbonyl (C=O) groups is 1. The summed E-state index contributed by atoms with van der Waals surface area (Å²) in [7, 11) is 0. The average molecular weight is 264 g/mol. The highest BCUT2D eigenvalue weighted by atomic mass is 79.9. The van der Waals surface area contributed by atoms with E-state index in [2.05, 4.69) is 21.2 Å². The number of carbonyl (C=O) groups excluding carboxylic acids is 1. The zero-order chi connectivity index (χ0) is 10.8. The molecule has 0 saturated carbocycles. The van der Waals surface area contributed by atoms with E-state index in [1.165, 1.54) is 6.92 Å². The number of nitrogens with one attached hydrogen (secondary N) is 1. The average Bonchev–Trinajstić information content (AvgIpc) is 2.16. The van der Waals surface area contributed by atoms with Crippen molar-refractivity contribution >= 4 is 38.3 Å². The van der Waals surface area contributed by atoms with Gasteiger partial charge in [-0.25, -0.2) is 0 Å². The van der Waals surface area contributed by atoms with E-state index >= 15 is 0 Å². The van der Waals surface area contributed by atoms with Crippen LogP contribution in [0.4, 0.5) is 5.69 Å². The second kappa shape index (κ2) is 4.03. The van der Waals surface area contributed by atoms with Crippen molar-refractivity contribution in [3.05, 3.63) is 40.9 Å². The summed E-state index contributed by atoms with van der Waals surface area (Å²) in [5, 5.41) is 4.97. The molecule has 0 fully saturated rings. The molecule has 0 aliphatic rings. The maximum absolute atomic E-state index is 11.0. The Morgan fingerprint density at radius 2 is 2.07 bits per heavy atom. The van der Waals surface area contributed by atoms with E-state index < -0.39 is 0 Å². The fraction of sp³-hybridized carbons (Fsp3) is 0.0833. The van der Waals surface area contributed by atoms with Crippen LogP contribution in [-0.4, -0.2) is 5.91 Å². The lowest BCUT2D eigenvalue weighted by Gasteiger charge is -2.06. The predicted octanol–water partition coefficient (Wildman–Crippen LogP) is 3.56. The lowest BCUT2D eigenvalue weighted by molar-refractivity contribution is -0.114. The van der Waals surface area contributed by atoms with Gasteiger partial charge < -0.3 is 5.32 Å². The van der Waals surface area contributed by atoms with Crippen LogP contribution in [0.3, 0.4) is 0 Å². The van der Waals surface area contributed by atoms with Gasteiger partial charge in [-0.15, -0.1) is 0 Å². The number of hydrogen-bond donors (Lipinski definition) is 1. The molecule has 76 valence electrons. The van der Waals surface area contributed by atoms with Crippen molar-refractivity contribution in [1.82, 2.24) is 0 Å². The molecule has 2 nitrogen and oxygen atoms in total. The van der Waals surface area contributed by atoms with Gasteiger partial charge in [0.2, 0.25) is 5.91 Å². The Morgan fingerprint density at radius 1 is 1.27 bits per heavy atom. The molecule has 0 spiro atoms. The van der Waals surface area contributed by atoms with Crippen LogP contribution in [-0.2, 0) is 4.79 Å². The largest absolute Gasteiger partial charge is 0.326 e. The quantitative estimate of drug-likeness (QED) is 0.838. The molecular formula is C12H10BrNO. The molecule has 0 heterocycles. The van der Waals surface area contributed by atoms with Gasteiger partial charge in [0.1, 0.15) is 0 Å². The molecule has 0 aliphatic carbocycles. The molecule has 1 amide bonds. The first kappa shape index (κ1) is 10.2. The van der Waals surface area contributed by atoms with E-state index in [0.29, 0.717) is 0 Å². The second-order valence-corrected chi connectivity index (χ2v) is 4.27. The van der Waals surface area contributed by atoms with E-state index in [-0.39, 0.29) is 5.91 Å². The van der Waals surface area contributed by atoms with Gasteiger partial charge in [-0.1, -0.05) is 34.1 Å². The standard InChI is InChI=1S/C12H10BrNO/c1-8(15)14-12-4-2-3-9-7-10(13)5-6-11(9)12/h2-7H,1H3,(H,14,15). The Hall–Kier alpha value is -1.35. The van der Waals surface area contributed by atoms with Crippen molar-refractivity contribution in [2.45, 2.75) is 6.92 Å². The van der Waals surface area contributed by atoms with Gasteiger partial charge in [-0.3, -0.25) is 4.79 Å². The van der Waals surface area contributed by atoms with Crippen molar-refractivity contribution in [3.8, 4) is 0 Å². The SMILES string of the molecule is CC(=O)Nc1cccc2cc(Br)ccc12. The van der Waals surface area contributed by atoms with E-state index in [0.717, 1.165) is 20.9 Å². The monoisotopic (exact) mass is 263 g/mol. The second-order valence-electron chi connectivity index (χ2n) is 3.35. The van der Waals surface area contributed by atoms with Gasteiger partial charge in [0, 0.05) is 22.5 Å². The van der Waals surface area contributed by atoms with Crippen LogP contribution in [0.2, 0.25) is 0 Å². The van der Waals surface area contributed by atoms with Gasteiger partial charge in [0.25, 0.3) is 0 Å². The highest BCUT2D eigenvalue weighted by Gasteiger charge is 2.01. The molecule has 2 aromatic carbocycles. The van der Waals surface area contributed by atoms with Crippen LogP contribution >= 0.6 is 15.9 Å². The predicted molar refractivity (Wildman–Crippen MR) is 66.0 cm³/mol. The molecular weight excluding hydrogens is 254 g/mol. The molecule has 1 N–H and O–H groups in total. The summed E-state index contributed by atoms with van der Waals surface area (Å²) < 4.78 is 1.04. The number of halogens is 1. The maximum Gasteiger partial charge on any atom is 0.221 e. The third kappa shape index (κ3) is 2.18. The number of amides is 1. The molecule has 0 unspecified atom stereocenters. The van der Waals surface area contributed by atoms with Crippen molar-refractivity contribution < 1.29 is 4.79 Å². The first-order valence-corrected chi connectivity index (χ1v) is 5.42. The maximum atomic E-state index is 11.0. The Balaban J connectivity index is 2.60. The molecule has 15 heavy (non-hydrogen) atoms. The van der Waals surface area contributed by atoms with Gasteiger partial charge in [0.05, 0.1) is 0 Å². The zero-order valence-electron chi connectivity index (χ0n) is 8.25. The van der Waals surface area contributed by atoms with Crippen LogP contribution in [0.1, 0.15) is 6.92 Å². The van der Waals surface area contributed by atoms with Gasteiger partial charge in [0.15, 0.2) is 0 Å². The smallest absolute Gasteiger partial charge is 0.221 e. The lowest BCUT2D eigenvalue weighted by atomic mass is 10.1. The highest BCUT2D eigenvalue weighted by Crippen LogP contribution is 2.26. The minimum atomic E-state index is -0.0505. The molecule has 0 bridgehead atoms. The first-order chi connectivity index (χ1) is 7.16.